The first-order valence-corrected chi connectivity index (χ1v) is 14.5. The molecule has 5 rings (SSSR count). The van der Waals surface area contributed by atoms with E-state index in [0.717, 1.165) is 9.13 Å². The molecule has 0 aromatic heterocycles. The molecule has 1 aliphatic heterocycles. The Kier molecular flexibility index (Phi) is 8.94. The highest BCUT2D eigenvalue weighted by atomic mass is 127. The average Bonchev–Trinajstić information content (AvgIpc) is 2.97. The summed E-state index contributed by atoms with van der Waals surface area (Å²) in [6.45, 7) is 0.232. The third kappa shape index (κ3) is 6.11. The van der Waals surface area contributed by atoms with E-state index in [-0.39, 0.29) is 17.3 Å². The van der Waals surface area contributed by atoms with Crippen LogP contribution in [0.3, 0.4) is 0 Å². The lowest BCUT2D eigenvalue weighted by atomic mass is 10.0. The lowest BCUT2D eigenvalue weighted by Crippen LogP contribution is -2.56. The highest BCUT2D eigenvalue weighted by Crippen LogP contribution is 2.37. The molecule has 206 valence electrons. The number of methoxy groups -OCH3 is 1. The lowest BCUT2D eigenvalue weighted by molar-refractivity contribution is -0.120. The zero-order chi connectivity index (χ0) is 29.1. The van der Waals surface area contributed by atoms with E-state index in [1.54, 1.807) is 48.5 Å². The van der Waals surface area contributed by atoms with Gasteiger partial charge in [-0.25, -0.2) is 0 Å². The molecule has 0 radical (unpaired) electrons. The number of thiocarbonyl (C=S) groups is 1. The predicted octanol–water partition coefficient (Wildman–Crippen LogP) is 7.93. The van der Waals surface area contributed by atoms with Crippen molar-refractivity contribution in [3.63, 3.8) is 0 Å². The van der Waals surface area contributed by atoms with Crippen molar-refractivity contribution < 1.29 is 19.1 Å². The van der Waals surface area contributed by atoms with Gasteiger partial charge in [0.05, 0.1) is 32.1 Å². The number of halogens is 3. The topological polar surface area (TPSA) is 59.1 Å². The number of para-hydroxylation sites is 2. The Morgan fingerprint density at radius 3 is 1.95 bits per heavy atom. The molecule has 2 amide bonds. The second kappa shape index (κ2) is 12.6. The fourth-order valence-electron chi connectivity index (χ4n) is 4.25. The minimum absolute atomic E-state index is 0.0476. The summed E-state index contributed by atoms with van der Waals surface area (Å²) in [5.74, 6) is -0.0879. The van der Waals surface area contributed by atoms with Gasteiger partial charge >= 0.3 is 0 Å². The van der Waals surface area contributed by atoms with Crippen LogP contribution in [0.15, 0.2) is 96.6 Å². The van der Waals surface area contributed by atoms with E-state index in [0.29, 0.717) is 38.5 Å². The molecule has 1 fully saturated rings. The normalized spacial score (nSPS) is 13.5. The molecule has 4 aromatic rings. The Morgan fingerprint density at radius 2 is 1.41 bits per heavy atom. The molecule has 10 heteroatoms. The van der Waals surface area contributed by atoms with E-state index < -0.39 is 11.8 Å². The molecule has 1 heterocycles. The Bertz CT molecular complexity index is 1620. The van der Waals surface area contributed by atoms with E-state index >= 15 is 0 Å². The number of carbonyl (C=O) groups is 2. The summed E-state index contributed by atoms with van der Waals surface area (Å²) >= 11 is 20.0. The molecule has 41 heavy (non-hydrogen) atoms. The zero-order valence-electron chi connectivity index (χ0n) is 21.5. The average molecular weight is 715 g/mol. The van der Waals surface area contributed by atoms with Crippen molar-refractivity contribution in [2.24, 2.45) is 0 Å². The largest absolute Gasteiger partial charge is 0.493 e. The first-order chi connectivity index (χ1) is 19.8. The van der Waals surface area contributed by atoms with E-state index in [4.69, 9.17) is 44.9 Å². The van der Waals surface area contributed by atoms with Gasteiger partial charge in [-0.15, -0.1) is 0 Å². The lowest BCUT2D eigenvalue weighted by Gasteiger charge is -2.36. The summed E-state index contributed by atoms with van der Waals surface area (Å²) in [6, 6.07) is 26.8. The van der Waals surface area contributed by atoms with Crippen LogP contribution in [0.4, 0.5) is 11.4 Å². The number of benzene rings is 4. The SMILES string of the molecule is COc1cc(C=C2C(=O)N(c3ccccc3)C(=S)N(c3ccccc3)C2=O)cc(I)c1OCc1ccc(Cl)c(Cl)c1. The third-order valence-corrected chi connectivity index (χ3v) is 8.11. The van der Waals surface area contributed by atoms with Crippen LogP contribution in [0.2, 0.25) is 10.0 Å². The van der Waals surface area contributed by atoms with Gasteiger partial charge in [-0.3, -0.25) is 19.4 Å². The van der Waals surface area contributed by atoms with Crippen molar-refractivity contribution in [1.29, 1.82) is 0 Å². The summed E-state index contributed by atoms with van der Waals surface area (Å²) in [6.07, 6.45) is 1.55. The van der Waals surface area contributed by atoms with Gasteiger partial charge in [0, 0.05) is 0 Å². The fraction of sp³-hybridized carbons (Fsp3) is 0.0645. The predicted molar refractivity (Wildman–Crippen MR) is 175 cm³/mol. The Hall–Kier alpha value is -3.44. The maximum Gasteiger partial charge on any atom is 0.270 e. The molecular weight excluding hydrogens is 694 g/mol. The second-order valence-electron chi connectivity index (χ2n) is 8.86. The Balaban J connectivity index is 1.53. The molecule has 1 saturated heterocycles. The number of carbonyl (C=O) groups excluding carboxylic acids is 2. The van der Waals surface area contributed by atoms with E-state index in [1.807, 2.05) is 48.5 Å². The van der Waals surface area contributed by atoms with Gasteiger partial charge < -0.3 is 9.47 Å². The maximum atomic E-state index is 13.8. The Morgan fingerprint density at radius 1 is 0.829 bits per heavy atom. The summed E-state index contributed by atoms with van der Waals surface area (Å²) in [4.78, 5) is 30.3. The number of amides is 2. The molecule has 0 aliphatic carbocycles. The van der Waals surface area contributed by atoms with Gasteiger partial charge in [0.15, 0.2) is 16.6 Å². The highest BCUT2D eigenvalue weighted by Gasteiger charge is 2.41. The highest BCUT2D eigenvalue weighted by molar-refractivity contribution is 14.1. The van der Waals surface area contributed by atoms with Crippen molar-refractivity contribution in [2.75, 3.05) is 16.9 Å². The monoisotopic (exact) mass is 714 g/mol. The standard InChI is InChI=1S/C31H21Cl2IN2O4S/c1-39-27-17-20(16-26(34)28(27)40-18-19-12-13-24(32)25(33)15-19)14-23-29(37)35(21-8-4-2-5-9-21)31(41)36(30(23)38)22-10-6-3-7-11-22/h2-17H,18H2,1H3. The number of ether oxygens (including phenoxy) is 2. The first kappa shape index (κ1) is 29.1. The van der Waals surface area contributed by atoms with Crippen LogP contribution in [0.5, 0.6) is 11.5 Å². The van der Waals surface area contributed by atoms with Crippen LogP contribution in [0.25, 0.3) is 6.08 Å². The van der Waals surface area contributed by atoms with Crippen LogP contribution in [-0.4, -0.2) is 24.0 Å². The molecule has 0 unspecified atom stereocenters. The van der Waals surface area contributed by atoms with Crippen LogP contribution >= 0.6 is 58.0 Å². The van der Waals surface area contributed by atoms with Gasteiger partial charge in [0.25, 0.3) is 11.8 Å². The van der Waals surface area contributed by atoms with Crippen LogP contribution in [0, 0.1) is 3.57 Å². The van der Waals surface area contributed by atoms with Crippen molar-refractivity contribution in [2.45, 2.75) is 6.61 Å². The molecule has 0 saturated carbocycles. The van der Waals surface area contributed by atoms with Crippen LogP contribution < -0.4 is 19.3 Å². The molecular formula is C31H21Cl2IN2O4S. The minimum Gasteiger partial charge on any atom is -0.493 e. The Labute approximate surface area is 266 Å². The molecule has 0 N–H and O–H groups in total. The molecule has 1 aliphatic rings. The second-order valence-corrected chi connectivity index (χ2v) is 11.2. The fourth-order valence-corrected chi connectivity index (χ4v) is 5.73. The van der Waals surface area contributed by atoms with Gasteiger partial charge in [-0.2, -0.15) is 0 Å². The zero-order valence-corrected chi connectivity index (χ0v) is 26.0. The molecule has 0 atom stereocenters. The van der Waals surface area contributed by atoms with Crippen molar-refractivity contribution in [1.82, 2.24) is 0 Å². The quantitative estimate of drug-likeness (QED) is 0.0843. The summed E-state index contributed by atoms with van der Waals surface area (Å²) in [7, 11) is 1.53. The first-order valence-electron chi connectivity index (χ1n) is 12.3. The number of nitrogens with zero attached hydrogens (tertiary/aromatic N) is 2. The van der Waals surface area contributed by atoms with Gasteiger partial charge in [-0.1, -0.05) is 65.7 Å². The molecule has 0 spiro atoms. The van der Waals surface area contributed by atoms with Crippen LogP contribution in [0.1, 0.15) is 11.1 Å². The van der Waals surface area contributed by atoms with Gasteiger partial charge in [0.1, 0.15) is 12.2 Å². The number of anilines is 2. The third-order valence-electron chi connectivity index (χ3n) is 6.21. The van der Waals surface area contributed by atoms with Crippen molar-refractivity contribution in [3.8, 4) is 11.5 Å². The summed E-state index contributed by atoms with van der Waals surface area (Å²) in [5.41, 5.74) is 2.48. The number of rotatable bonds is 7. The number of hydrogen-bond acceptors (Lipinski definition) is 5. The van der Waals surface area contributed by atoms with E-state index in [2.05, 4.69) is 22.6 Å². The summed E-state index contributed by atoms with van der Waals surface area (Å²) < 4.78 is 12.4. The van der Waals surface area contributed by atoms with Gasteiger partial charge in [0.2, 0.25) is 0 Å². The minimum atomic E-state index is -0.521. The smallest absolute Gasteiger partial charge is 0.270 e. The van der Waals surface area contributed by atoms with E-state index in [1.165, 1.54) is 16.9 Å². The van der Waals surface area contributed by atoms with Crippen LogP contribution in [-0.2, 0) is 16.2 Å². The molecule has 0 bridgehead atoms. The summed E-state index contributed by atoms with van der Waals surface area (Å²) in [5, 5.41) is 0.976. The molecule has 6 nitrogen and oxygen atoms in total. The van der Waals surface area contributed by atoms with Crippen molar-refractivity contribution >= 4 is 92.4 Å². The maximum absolute atomic E-state index is 13.8. The van der Waals surface area contributed by atoms with E-state index in [9.17, 15) is 9.59 Å². The molecule has 4 aromatic carbocycles. The van der Waals surface area contributed by atoms with Crippen molar-refractivity contribution in [3.05, 3.63) is 121 Å². The van der Waals surface area contributed by atoms with Gasteiger partial charge in [-0.05, 0) is 101 Å². The number of hydrogen-bond donors (Lipinski definition) is 0.